The Morgan fingerprint density at radius 3 is 2.40 bits per heavy atom. The van der Waals surface area contributed by atoms with Crippen molar-refractivity contribution < 1.29 is 17.9 Å². The molecule has 0 aliphatic carbocycles. The Bertz CT molecular complexity index is 540. The van der Waals surface area contributed by atoms with Crippen molar-refractivity contribution in [3.63, 3.8) is 0 Å². The minimum absolute atomic E-state index is 0.0268. The van der Waals surface area contributed by atoms with Crippen LogP contribution in [0.4, 0.5) is 0 Å². The fraction of sp³-hybridized carbons (Fsp3) is 0.462. The number of carbonyl (C=O) groups is 1. The maximum atomic E-state index is 11.8. The van der Waals surface area contributed by atoms with Gasteiger partial charge in [0, 0.05) is 29.4 Å². The highest BCUT2D eigenvalue weighted by Crippen LogP contribution is 2.15. The Kier molecular flexibility index (Phi) is 6.45. The van der Waals surface area contributed by atoms with Crippen molar-refractivity contribution in [1.82, 2.24) is 5.32 Å². The molecule has 0 aliphatic heterocycles. The number of hydrogen-bond donors (Lipinski definition) is 1. The summed E-state index contributed by atoms with van der Waals surface area (Å²) in [6, 6.07) is 5.46. The second-order valence-electron chi connectivity index (χ2n) is 4.49. The van der Waals surface area contributed by atoms with Gasteiger partial charge in [-0.1, -0.05) is 0 Å². The molecule has 0 radical (unpaired) electrons. The third-order valence-electron chi connectivity index (χ3n) is 2.46. The number of nitrogens with one attached hydrogen (secondary N) is 1. The number of rotatable bonds is 7. The minimum Gasteiger partial charge on any atom is -0.379 e. The van der Waals surface area contributed by atoms with Crippen LogP contribution in [0.5, 0.6) is 0 Å². The first-order valence-corrected chi connectivity index (χ1v) is 8.56. The number of hydrogen-bond acceptors (Lipinski definition) is 4. The van der Waals surface area contributed by atoms with Gasteiger partial charge < -0.3 is 10.1 Å². The SMILES string of the molecule is CC(C)OCCCNC(=O)c1ccc(S(=O)(=O)Cl)cc1. The van der Waals surface area contributed by atoms with E-state index >= 15 is 0 Å². The van der Waals surface area contributed by atoms with E-state index in [0.717, 1.165) is 6.42 Å². The maximum Gasteiger partial charge on any atom is 0.261 e. The molecule has 0 fully saturated rings. The van der Waals surface area contributed by atoms with Crippen LogP contribution in [-0.2, 0) is 13.8 Å². The predicted octanol–water partition coefficient (Wildman–Crippen LogP) is 2.16. The first-order chi connectivity index (χ1) is 9.30. The fourth-order valence-electron chi connectivity index (χ4n) is 1.46. The van der Waals surface area contributed by atoms with Crippen LogP contribution in [0.3, 0.4) is 0 Å². The lowest BCUT2D eigenvalue weighted by atomic mass is 10.2. The van der Waals surface area contributed by atoms with Gasteiger partial charge in [-0.25, -0.2) is 8.42 Å². The van der Waals surface area contributed by atoms with Crippen molar-refractivity contribution in [3.05, 3.63) is 29.8 Å². The van der Waals surface area contributed by atoms with Gasteiger partial charge in [-0.05, 0) is 44.5 Å². The smallest absolute Gasteiger partial charge is 0.261 e. The Hall–Kier alpha value is -1.11. The Balaban J connectivity index is 2.44. The number of ether oxygens (including phenoxy) is 1. The fourth-order valence-corrected chi connectivity index (χ4v) is 2.23. The first-order valence-electron chi connectivity index (χ1n) is 6.25. The zero-order valence-electron chi connectivity index (χ0n) is 11.4. The second kappa shape index (κ2) is 7.61. The lowest BCUT2D eigenvalue weighted by Gasteiger charge is -2.08. The summed E-state index contributed by atoms with van der Waals surface area (Å²) in [5, 5.41) is 2.73. The van der Waals surface area contributed by atoms with Crippen molar-refractivity contribution in [2.24, 2.45) is 0 Å². The number of amides is 1. The number of benzene rings is 1. The quantitative estimate of drug-likeness (QED) is 0.617. The molecule has 0 saturated heterocycles. The minimum atomic E-state index is -3.75. The van der Waals surface area contributed by atoms with Gasteiger partial charge in [-0.2, -0.15) is 0 Å². The molecule has 1 aromatic rings. The van der Waals surface area contributed by atoms with E-state index in [4.69, 9.17) is 15.4 Å². The average molecular weight is 320 g/mol. The topological polar surface area (TPSA) is 72.5 Å². The third kappa shape index (κ3) is 5.90. The summed E-state index contributed by atoms with van der Waals surface area (Å²) < 4.78 is 27.5. The zero-order chi connectivity index (χ0) is 15.2. The monoisotopic (exact) mass is 319 g/mol. The van der Waals surface area contributed by atoms with E-state index in [1.165, 1.54) is 24.3 Å². The molecular formula is C13H18ClNO4S. The summed E-state index contributed by atoms with van der Waals surface area (Å²) >= 11 is 0. The molecule has 1 N–H and O–H groups in total. The normalized spacial score (nSPS) is 11.6. The molecule has 0 aliphatic rings. The number of carbonyl (C=O) groups excluding carboxylic acids is 1. The van der Waals surface area contributed by atoms with Crippen LogP contribution >= 0.6 is 10.7 Å². The maximum absolute atomic E-state index is 11.8. The summed E-state index contributed by atoms with van der Waals surface area (Å²) in [5.41, 5.74) is 0.388. The molecule has 5 nitrogen and oxygen atoms in total. The molecule has 0 aromatic heterocycles. The lowest BCUT2D eigenvalue weighted by molar-refractivity contribution is 0.0757. The average Bonchev–Trinajstić information content (AvgIpc) is 2.37. The van der Waals surface area contributed by atoms with Crippen molar-refractivity contribution in [2.45, 2.75) is 31.3 Å². The molecule has 20 heavy (non-hydrogen) atoms. The Morgan fingerprint density at radius 1 is 1.30 bits per heavy atom. The lowest BCUT2D eigenvalue weighted by Crippen LogP contribution is -2.25. The van der Waals surface area contributed by atoms with Gasteiger partial charge in [-0.15, -0.1) is 0 Å². The van der Waals surface area contributed by atoms with Gasteiger partial charge >= 0.3 is 0 Å². The molecule has 1 aromatic carbocycles. The van der Waals surface area contributed by atoms with E-state index in [9.17, 15) is 13.2 Å². The van der Waals surface area contributed by atoms with Crippen molar-refractivity contribution in [1.29, 1.82) is 0 Å². The van der Waals surface area contributed by atoms with E-state index in [0.29, 0.717) is 18.7 Å². The molecule has 0 atom stereocenters. The van der Waals surface area contributed by atoms with Crippen LogP contribution in [0.1, 0.15) is 30.6 Å². The second-order valence-corrected chi connectivity index (χ2v) is 7.06. The molecule has 0 unspecified atom stereocenters. The molecule has 0 saturated carbocycles. The predicted molar refractivity (Wildman–Crippen MR) is 77.5 cm³/mol. The summed E-state index contributed by atoms with van der Waals surface area (Å²) in [6.45, 7) is 4.98. The van der Waals surface area contributed by atoms with E-state index in [1.54, 1.807) is 0 Å². The molecule has 0 bridgehead atoms. The van der Waals surface area contributed by atoms with Gasteiger partial charge in [0.25, 0.3) is 15.0 Å². The zero-order valence-corrected chi connectivity index (χ0v) is 13.0. The van der Waals surface area contributed by atoms with E-state index in [-0.39, 0.29) is 16.9 Å². The molecular weight excluding hydrogens is 302 g/mol. The largest absolute Gasteiger partial charge is 0.379 e. The van der Waals surface area contributed by atoms with Crippen LogP contribution in [0.15, 0.2) is 29.2 Å². The summed E-state index contributed by atoms with van der Waals surface area (Å²) in [6.07, 6.45) is 0.897. The molecule has 0 spiro atoms. The summed E-state index contributed by atoms with van der Waals surface area (Å²) in [7, 11) is 1.44. The molecule has 1 amide bonds. The molecule has 7 heteroatoms. The van der Waals surface area contributed by atoms with Crippen LogP contribution in [-0.4, -0.2) is 33.6 Å². The van der Waals surface area contributed by atoms with Crippen LogP contribution in [0.25, 0.3) is 0 Å². The van der Waals surface area contributed by atoms with E-state index < -0.39 is 9.05 Å². The third-order valence-corrected chi connectivity index (χ3v) is 3.83. The first kappa shape index (κ1) is 16.9. The van der Waals surface area contributed by atoms with Crippen LogP contribution in [0, 0.1) is 0 Å². The summed E-state index contributed by atoms with van der Waals surface area (Å²) in [4.78, 5) is 11.7. The summed E-state index contributed by atoms with van der Waals surface area (Å²) in [5.74, 6) is -0.256. The van der Waals surface area contributed by atoms with Crippen molar-refractivity contribution in [2.75, 3.05) is 13.2 Å². The standard InChI is InChI=1S/C13H18ClNO4S/c1-10(2)19-9-3-8-15-13(16)11-4-6-12(7-5-11)20(14,17)18/h4-7,10H,3,8-9H2,1-2H3,(H,15,16). The van der Waals surface area contributed by atoms with Gasteiger partial charge in [0.05, 0.1) is 11.0 Å². The molecule has 112 valence electrons. The van der Waals surface area contributed by atoms with Crippen molar-refractivity contribution >= 4 is 25.6 Å². The van der Waals surface area contributed by atoms with Gasteiger partial charge in [0.15, 0.2) is 0 Å². The van der Waals surface area contributed by atoms with E-state index in [1.807, 2.05) is 13.8 Å². The molecule has 1 rings (SSSR count). The van der Waals surface area contributed by atoms with Gasteiger partial charge in [0.1, 0.15) is 0 Å². The highest BCUT2D eigenvalue weighted by atomic mass is 35.7. The number of halogens is 1. The Morgan fingerprint density at radius 2 is 1.90 bits per heavy atom. The van der Waals surface area contributed by atoms with Crippen molar-refractivity contribution in [3.8, 4) is 0 Å². The van der Waals surface area contributed by atoms with Gasteiger partial charge in [0.2, 0.25) is 0 Å². The highest BCUT2D eigenvalue weighted by molar-refractivity contribution is 8.13. The van der Waals surface area contributed by atoms with Crippen LogP contribution in [0.2, 0.25) is 0 Å². The Labute approximate surface area is 123 Å². The van der Waals surface area contributed by atoms with Crippen LogP contribution < -0.4 is 5.32 Å². The molecule has 0 heterocycles. The highest BCUT2D eigenvalue weighted by Gasteiger charge is 2.11. The van der Waals surface area contributed by atoms with Gasteiger partial charge in [-0.3, -0.25) is 4.79 Å². The van der Waals surface area contributed by atoms with E-state index in [2.05, 4.69) is 5.32 Å².